The zero-order chi connectivity index (χ0) is 12.7. The average molecular weight is 237 g/mol. The van der Waals surface area contributed by atoms with E-state index in [1.807, 2.05) is 18.2 Å². The van der Waals surface area contributed by atoms with Crippen LogP contribution < -0.4 is 10.1 Å². The Bertz CT molecular complexity index is 374. The Morgan fingerprint density at radius 3 is 2.76 bits per heavy atom. The third-order valence-corrected chi connectivity index (χ3v) is 2.30. The van der Waals surface area contributed by atoms with Crippen molar-refractivity contribution in [1.82, 2.24) is 5.32 Å². The molecule has 0 heterocycles. The van der Waals surface area contributed by atoms with E-state index in [0.717, 1.165) is 18.7 Å². The number of nitrogens with one attached hydrogen (secondary N) is 1. The number of ether oxygens (including phenoxy) is 1. The molecule has 0 aliphatic carbocycles. The van der Waals surface area contributed by atoms with Gasteiger partial charge in [0, 0.05) is 6.54 Å². The molecular weight excluding hydrogens is 217 g/mol. The first-order chi connectivity index (χ1) is 8.13. The molecule has 0 saturated heterocycles. The lowest BCUT2D eigenvalue weighted by Crippen LogP contribution is -2.19. The Kier molecular flexibility index (Phi) is 5.70. The van der Waals surface area contributed by atoms with Crippen molar-refractivity contribution in [2.45, 2.75) is 13.8 Å². The van der Waals surface area contributed by atoms with Crippen molar-refractivity contribution in [2.24, 2.45) is 5.92 Å². The molecule has 0 atom stereocenters. The van der Waals surface area contributed by atoms with Gasteiger partial charge in [-0.05, 0) is 30.2 Å². The summed E-state index contributed by atoms with van der Waals surface area (Å²) in [5.41, 5.74) is 0.842. The van der Waals surface area contributed by atoms with Gasteiger partial charge in [-0.25, -0.2) is 4.39 Å². The first kappa shape index (κ1) is 13.7. The monoisotopic (exact) mass is 237 g/mol. The highest BCUT2D eigenvalue weighted by molar-refractivity contribution is 5.51. The van der Waals surface area contributed by atoms with Gasteiger partial charge >= 0.3 is 0 Å². The molecule has 0 aromatic heterocycles. The summed E-state index contributed by atoms with van der Waals surface area (Å²) in [7, 11) is 1.46. The zero-order valence-electron chi connectivity index (χ0n) is 10.7. The standard InChI is InChI=1S/C14H20FNO/c1-11(2)10-16-8-4-5-12-6-7-14(17-3)13(15)9-12/h4-7,9,11,16H,8,10H2,1-3H3. The van der Waals surface area contributed by atoms with E-state index < -0.39 is 0 Å². The van der Waals surface area contributed by atoms with E-state index >= 15 is 0 Å². The largest absolute Gasteiger partial charge is 0.494 e. The summed E-state index contributed by atoms with van der Waals surface area (Å²) < 4.78 is 18.2. The van der Waals surface area contributed by atoms with E-state index in [1.54, 1.807) is 6.07 Å². The molecule has 17 heavy (non-hydrogen) atoms. The molecule has 1 rings (SSSR count). The molecule has 1 aromatic rings. The van der Waals surface area contributed by atoms with E-state index in [9.17, 15) is 4.39 Å². The van der Waals surface area contributed by atoms with Crippen LogP contribution in [0.25, 0.3) is 6.08 Å². The molecule has 0 fully saturated rings. The Balaban J connectivity index is 2.46. The SMILES string of the molecule is COc1ccc(C=CCNCC(C)C)cc1F. The number of hydrogen-bond acceptors (Lipinski definition) is 2. The lowest BCUT2D eigenvalue weighted by atomic mass is 10.2. The lowest BCUT2D eigenvalue weighted by molar-refractivity contribution is 0.386. The van der Waals surface area contributed by atoms with Crippen LogP contribution >= 0.6 is 0 Å². The quantitative estimate of drug-likeness (QED) is 0.768. The van der Waals surface area contributed by atoms with Crippen LogP contribution in [-0.4, -0.2) is 20.2 Å². The molecule has 2 nitrogen and oxygen atoms in total. The van der Waals surface area contributed by atoms with Gasteiger partial charge in [-0.2, -0.15) is 0 Å². The molecule has 0 aliphatic rings. The van der Waals surface area contributed by atoms with E-state index in [4.69, 9.17) is 4.74 Å². The third kappa shape index (κ3) is 5.00. The van der Waals surface area contributed by atoms with Gasteiger partial charge in [-0.1, -0.05) is 32.1 Å². The Morgan fingerprint density at radius 1 is 1.41 bits per heavy atom. The van der Waals surface area contributed by atoms with Crippen molar-refractivity contribution < 1.29 is 9.13 Å². The van der Waals surface area contributed by atoms with Crippen LogP contribution in [-0.2, 0) is 0 Å². The predicted octanol–water partition coefficient (Wildman–Crippen LogP) is 3.09. The fraction of sp³-hybridized carbons (Fsp3) is 0.429. The van der Waals surface area contributed by atoms with Gasteiger partial charge in [0.1, 0.15) is 0 Å². The fourth-order valence-corrected chi connectivity index (χ4v) is 1.44. The summed E-state index contributed by atoms with van der Waals surface area (Å²) in [6.45, 7) is 6.11. The highest BCUT2D eigenvalue weighted by atomic mass is 19.1. The van der Waals surface area contributed by atoms with Crippen molar-refractivity contribution in [3.8, 4) is 5.75 Å². The Morgan fingerprint density at radius 2 is 2.18 bits per heavy atom. The second kappa shape index (κ2) is 7.07. The van der Waals surface area contributed by atoms with Gasteiger partial charge in [-0.3, -0.25) is 0 Å². The molecule has 1 N–H and O–H groups in total. The number of rotatable bonds is 6. The first-order valence-corrected chi connectivity index (χ1v) is 5.84. The molecule has 0 radical (unpaired) electrons. The summed E-state index contributed by atoms with van der Waals surface area (Å²) in [6.07, 6.45) is 3.89. The minimum Gasteiger partial charge on any atom is -0.494 e. The number of benzene rings is 1. The summed E-state index contributed by atoms with van der Waals surface area (Å²) in [4.78, 5) is 0. The fourth-order valence-electron chi connectivity index (χ4n) is 1.44. The van der Waals surface area contributed by atoms with Crippen LogP contribution in [0.2, 0.25) is 0 Å². The minimum atomic E-state index is -0.329. The van der Waals surface area contributed by atoms with E-state index in [2.05, 4.69) is 19.2 Å². The molecule has 3 heteroatoms. The summed E-state index contributed by atoms with van der Waals surface area (Å²) in [5, 5.41) is 3.29. The molecule has 0 spiro atoms. The zero-order valence-corrected chi connectivity index (χ0v) is 10.7. The highest BCUT2D eigenvalue weighted by Gasteiger charge is 2.00. The third-order valence-electron chi connectivity index (χ3n) is 2.30. The maximum absolute atomic E-state index is 13.4. The highest BCUT2D eigenvalue weighted by Crippen LogP contribution is 2.18. The molecule has 0 saturated carbocycles. The van der Waals surface area contributed by atoms with E-state index in [1.165, 1.54) is 13.2 Å². The first-order valence-electron chi connectivity index (χ1n) is 5.84. The van der Waals surface area contributed by atoms with Gasteiger partial charge < -0.3 is 10.1 Å². The summed E-state index contributed by atoms with van der Waals surface area (Å²) in [5.74, 6) is 0.590. The van der Waals surface area contributed by atoms with Crippen LogP contribution in [0.4, 0.5) is 4.39 Å². The lowest BCUT2D eigenvalue weighted by Gasteiger charge is -2.04. The Labute approximate surface area is 102 Å². The van der Waals surface area contributed by atoms with Crippen LogP contribution in [0.5, 0.6) is 5.75 Å². The molecule has 94 valence electrons. The van der Waals surface area contributed by atoms with Crippen LogP contribution in [0.1, 0.15) is 19.4 Å². The van der Waals surface area contributed by atoms with Crippen molar-refractivity contribution >= 4 is 6.08 Å². The van der Waals surface area contributed by atoms with E-state index in [0.29, 0.717) is 5.92 Å². The molecule has 0 amide bonds. The normalized spacial score (nSPS) is 11.4. The van der Waals surface area contributed by atoms with Crippen molar-refractivity contribution in [3.63, 3.8) is 0 Å². The van der Waals surface area contributed by atoms with Gasteiger partial charge in [0.2, 0.25) is 0 Å². The minimum absolute atomic E-state index is 0.278. The Hall–Kier alpha value is -1.35. The number of methoxy groups -OCH3 is 1. The number of hydrogen-bond donors (Lipinski definition) is 1. The van der Waals surface area contributed by atoms with Gasteiger partial charge in [0.15, 0.2) is 11.6 Å². The molecule has 0 unspecified atom stereocenters. The van der Waals surface area contributed by atoms with Crippen LogP contribution in [0.3, 0.4) is 0 Å². The van der Waals surface area contributed by atoms with Gasteiger partial charge in [0.05, 0.1) is 7.11 Å². The molecular formula is C14H20FNO. The summed E-state index contributed by atoms with van der Waals surface area (Å²) in [6, 6.07) is 4.94. The van der Waals surface area contributed by atoms with Crippen molar-refractivity contribution in [3.05, 3.63) is 35.7 Å². The topological polar surface area (TPSA) is 21.3 Å². The van der Waals surface area contributed by atoms with Gasteiger partial charge in [-0.15, -0.1) is 0 Å². The van der Waals surface area contributed by atoms with Gasteiger partial charge in [0.25, 0.3) is 0 Å². The molecule has 1 aromatic carbocycles. The average Bonchev–Trinajstić information content (AvgIpc) is 2.28. The van der Waals surface area contributed by atoms with Crippen LogP contribution in [0, 0.1) is 11.7 Å². The second-order valence-electron chi connectivity index (χ2n) is 4.35. The van der Waals surface area contributed by atoms with Crippen LogP contribution in [0.15, 0.2) is 24.3 Å². The second-order valence-corrected chi connectivity index (χ2v) is 4.35. The predicted molar refractivity (Wildman–Crippen MR) is 69.7 cm³/mol. The maximum atomic E-state index is 13.4. The molecule has 0 bridgehead atoms. The van der Waals surface area contributed by atoms with E-state index in [-0.39, 0.29) is 11.6 Å². The van der Waals surface area contributed by atoms with Crippen molar-refractivity contribution in [2.75, 3.05) is 20.2 Å². The molecule has 0 aliphatic heterocycles. The summed E-state index contributed by atoms with van der Waals surface area (Å²) >= 11 is 0. The maximum Gasteiger partial charge on any atom is 0.165 e. The number of halogens is 1. The smallest absolute Gasteiger partial charge is 0.165 e. The van der Waals surface area contributed by atoms with Crippen molar-refractivity contribution in [1.29, 1.82) is 0 Å².